The number of benzene rings is 2. The molecule has 0 aliphatic heterocycles. The minimum Gasteiger partial charge on any atom is -0.381 e. The van der Waals surface area contributed by atoms with Crippen LogP contribution >= 0.6 is 8.86 Å². The molecule has 1 N–H and O–H groups in total. The van der Waals surface area contributed by atoms with E-state index in [-0.39, 0.29) is 0 Å². The van der Waals surface area contributed by atoms with Crippen LogP contribution in [0.15, 0.2) is 55.1 Å². The van der Waals surface area contributed by atoms with Gasteiger partial charge in [0.25, 0.3) is 0 Å². The summed E-state index contributed by atoms with van der Waals surface area (Å²) in [6.45, 7) is 9.21. The standard InChI is InChI=1S/C19H22NP/c1-4-18-17(11-8-12-19(18)15(3)21)13-20-14(2)16-9-6-5-7-10-16/h5-12,20-21H,2,4,13H2,1,3H3. The van der Waals surface area contributed by atoms with Crippen molar-refractivity contribution >= 4 is 19.9 Å². The minimum absolute atomic E-state index is 0.796. The first-order chi connectivity index (χ1) is 10.1. The van der Waals surface area contributed by atoms with E-state index in [0.29, 0.717) is 0 Å². The second-order valence-electron chi connectivity index (χ2n) is 5.12. The fraction of sp³-hybridized carbons (Fsp3) is 0.211. The average Bonchev–Trinajstić information content (AvgIpc) is 2.52. The number of hydrogen-bond donors (Lipinski definition) is 1. The topological polar surface area (TPSA) is 12.0 Å². The zero-order chi connectivity index (χ0) is 15.2. The molecule has 0 radical (unpaired) electrons. The summed E-state index contributed by atoms with van der Waals surface area (Å²) in [7, 11) is 3.66. The third-order valence-corrected chi connectivity index (χ3v) is 3.91. The van der Waals surface area contributed by atoms with Gasteiger partial charge in [0, 0.05) is 12.2 Å². The lowest BCUT2D eigenvalue weighted by atomic mass is 9.97. The van der Waals surface area contributed by atoms with E-state index in [1.54, 1.807) is 0 Å². The first kappa shape index (κ1) is 15.5. The SMILES string of the molecule is C=C(NCc1cccc(C(C)=P)c1CC)c1ccccc1. The Balaban J connectivity index is 2.15. The Bertz CT molecular complexity index is 644. The van der Waals surface area contributed by atoms with Crippen LogP contribution in [0.4, 0.5) is 0 Å². The predicted molar refractivity (Wildman–Crippen MR) is 96.2 cm³/mol. The van der Waals surface area contributed by atoms with Crippen LogP contribution in [0.3, 0.4) is 0 Å². The third-order valence-electron chi connectivity index (χ3n) is 3.65. The van der Waals surface area contributed by atoms with Crippen LogP contribution in [0.2, 0.25) is 0 Å². The van der Waals surface area contributed by atoms with Gasteiger partial charge in [0.15, 0.2) is 0 Å². The summed E-state index contributed by atoms with van der Waals surface area (Å²) in [6, 6.07) is 16.7. The lowest BCUT2D eigenvalue weighted by Crippen LogP contribution is -2.13. The molecule has 0 saturated carbocycles. The molecule has 1 nitrogen and oxygen atoms in total. The molecule has 0 fully saturated rings. The highest BCUT2D eigenvalue weighted by Gasteiger charge is 2.08. The molecule has 0 aromatic heterocycles. The zero-order valence-corrected chi connectivity index (χ0v) is 13.7. The Morgan fingerprint density at radius 1 is 1.10 bits per heavy atom. The Hall–Kier alpha value is -1.85. The van der Waals surface area contributed by atoms with Crippen LogP contribution in [-0.2, 0) is 13.0 Å². The molecule has 2 heteroatoms. The van der Waals surface area contributed by atoms with Gasteiger partial charge in [0.2, 0.25) is 0 Å². The van der Waals surface area contributed by atoms with E-state index in [9.17, 15) is 0 Å². The smallest absolute Gasteiger partial charge is 0.0403 e. The third kappa shape index (κ3) is 3.83. The molecule has 108 valence electrons. The van der Waals surface area contributed by atoms with E-state index >= 15 is 0 Å². The van der Waals surface area contributed by atoms with E-state index in [4.69, 9.17) is 0 Å². The second kappa shape index (κ2) is 7.24. The van der Waals surface area contributed by atoms with Crippen molar-refractivity contribution in [2.75, 3.05) is 0 Å². The van der Waals surface area contributed by atoms with Crippen LogP contribution < -0.4 is 5.32 Å². The molecule has 0 aliphatic rings. The van der Waals surface area contributed by atoms with Crippen LogP contribution in [-0.4, -0.2) is 5.29 Å². The van der Waals surface area contributed by atoms with Crippen molar-refractivity contribution in [1.29, 1.82) is 0 Å². The first-order valence-corrected chi connectivity index (χ1v) is 7.78. The maximum Gasteiger partial charge on any atom is 0.0403 e. The monoisotopic (exact) mass is 295 g/mol. The van der Waals surface area contributed by atoms with Crippen molar-refractivity contribution in [2.45, 2.75) is 26.8 Å². The Morgan fingerprint density at radius 2 is 1.81 bits per heavy atom. The lowest BCUT2D eigenvalue weighted by Gasteiger charge is -2.15. The summed E-state index contributed by atoms with van der Waals surface area (Å²) in [5.74, 6) is 0. The maximum atomic E-state index is 4.13. The van der Waals surface area contributed by atoms with Crippen molar-refractivity contribution in [3.8, 4) is 0 Å². The molecule has 0 atom stereocenters. The summed E-state index contributed by atoms with van der Waals surface area (Å²) < 4.78 is 0. The molecular weight excluding hydrogens is 273 g/mol. The van der Waals surface area contributed by atoms with Gasteiger partial charge in [-0.05, 0) is 40.9 Å². The highest BCUT2D eigenvalue weighted by molar-refractivity contribution is 7.22. The Kier molecular flexibility index (Phi) is 5.36. The van der Waals surface area contributed by atoms with Gasteiger partial charge in [-0.25, -0.2) is 0 Å². The van der Waals surface area contributed by atoms with Crippen LogP contribution in [0.1, 0.15) is 36.1 Å². The van der Waals surface area contributed by atoms with Crippen molar-refractivity contribution < 1.29 is 0 Å². The van der Waals surface area contributed by atoms with E-state index in [1.807, 2.05) is 18.2 Å². The molecule has 0 aliphatic carbocycles. The summed E-state index contributed by atoms with van der Waals surface area (Å²) >= 11 is 0. The van der Waals surface area contributed by atoms with E-state index in [0.717, 1.165) is 24.2 Å². The fourth-order valence-electron chi connectivity index (χ4n) is 2.51. The fourth-order valence-corrected chi connectivity index (χ4v) is 2.75. The Morgan fingerprint density at radius 3 is 2.43 bits per heavy atom. The highest BCUT2D eigenvalue weighted by Crippen LogP contribution is 2.18. The molecule has 2 rings (SSSR count). The van der Waals surface area contributed by atoms with Crippen LogP contribution in [0.5, 0.6) is 0 Å². The quantitative estimate of drug-likeness (QED) is 0.762. The first-order valence-electron chi connectivity index (χ1n) is 7.28. The molecule has 0 spiro atoms. The molecule has 2 aromatic carbocycles. The Labute approximate surface area is 129 Å². The van der Waals surface area contributed by atoms with Crippen LogP contribution in [0, 0.1) is 0 Å². The van der Waals surface area contributed by atoms with Gasteiger partial charge in [-0.15, -0.1) is 8.86 Å². The molecule has 0 amide bonds. The molecular formula is C19H22NP. The minimum atomic E-state index is 0.796. The van der Waals surface area contributed by atoms with Gasteiger partial charge >= 0.3 is 0 Å². The predicted octanol–water partition coefficient (Wildman–Crippen LogP) is 4.69. The van der Waals surface area contributed by atoms with Crippen molar-refractivity contribution in [3.63, 3.8) is 0 Å². The van der Waals surface area contributed by atoms with Gasteiger partial charge < -0.3 is 5.32 Å². The summed E-state index contributed by atoms with van der Waals surface area (Å²) in [5, 5.41) is 4.61. The number of hydrogen-bond acceptors (Lipinski definition) is 1. The van der Waals surface area contributed by atoms with Crippen molar-refractivity contribution in [3.05, 3.63) is 77.4 Å². The molecule has 0 bridgehead atoms. The number of rotatable bonds is 6. The zero-order valence-electron chi connectivity index (χ0n) is 12.7. The second-order valence-corrected chi connectivity index (χ2v) is 5.87. The summed E-state index contributed by atoms with van der Waals surface area (Å²) in [4.78, 5) is 0. The molecule has 0 saturated heterocycles. The highest BCUT2D eigenvalue weighted by atomic mass is 31.0. The van der Waals surface area contributed by atoms with Gasteiger partial charge in [-0.2, -0.15) is 0 Å². The van der Waals surface area contributed by atoms with Gasteiger partial charge in [-0.3, -0.25) is 0 Å². The van der Waals surface area contributed by atoms with E-state index in [1.165, 1.54) is 22.0 Å². The largest absolute Gasteiger partial charge is 0.381 e. The maximum absolute atomic E-state index is 4.13. The van der Waals surface area contributed by atoms with E-state index in [2.05, 4.69) is 64.9 Å². The molecule has 0 heterocycles. The van der Waals surface area contributed by atoms with Gasteiger partial charge in [-0.1, -0.05) is 62.0 Å². The van der Waals surface area contributed by atoms with Crippen molar-refractivity contribution in [2.24, 2.45) is 0 Å². The van der Waals surface area contributed by atoms with Crippen LogP contribution in [0.25, 0.3) is 5.70 Å². The normalized spacial score (nSPS) is 10.2. The summed E-state index contributed by atoms with van der Waals surface area (Å²) in [6.07, 6.45) is 1.02. The average molecular weight is 295 g/mol. The number of nitrogens with one attached hydrogen (secondary N) is 1. The van der Waals surface area contributed by atoms with Crippen molar-refractivity contribution in [1.82, 2.24) is 5.32 Å². The summed E-state index contributed by atoms with van der Waals surface area (Å²) in [5.41, 5.74) is 6.10. The molecule has 0 unspecified atom stereocenters. The molecule has 21 heavy (non-hydrogen) atoms. The lowest BCUT2D eigenvalue weighted by molar-refractivity contribution is 0.871. The molecule has 2 aromatic rings. The van der Waals surface area contributed by atoms with Gasteiger partial charge in [0.1, 0.15) is 0 Å². The van der Waals surface area contributed by atoms with E-state index < -0.39 is 0 Å². The van der Waals surface area contributed by atoms with Gasteiger partial charge in [0.05, 0.1) is 0 Å².